The zero-order valence-corrected chi connectivity index (χ0v) is 9.68. The van der Waals surface area contributed by atoms with Crippen LogP contribution < -0.4 is 5.73 Å². The minimum absolute atomic E-state index is 0.359. The third-order valence-corrected chi connectivity index (χ3v) is 2.55. The first-order valence-electron chi connectivity index (χ1n) is 5.11. The van der Waals surface area contributed by atoms with Gasteiger partial charge in [-0.1, -0.05) is 0 Å². The van der Waals surface area contributed by atoms with Crippen molar-refractivity contribution in [3.63, 3.8) is 0 Å². The molecule has 1 heterocycles. The molecule has 17 heavy (non-hydrogen) atoms. The van der Waals surface area contributed by atoms with E-state index < -0.39 is 5.97 Å². The largest absolute Gasteiger partial charge is 0.465 e. The van der Waals surface area contributed by atoms with Crippen molar-refractivity contribution in [1.29, 1.82) is 0 Å². The Balaban J connectivity index is 2.52. The number of carbonyl (C=O) groups is 1. The van der Waals surface area contributed by atoms with Gasteiger partial charge in [-0.2, -0.15) is 0 Å². The van der Waals surface area contributed by atoms with Crippen LogP contribution in [0, 0.1) is 6.92 Å². The van der Waals surface area contributed by atoms with Crippen molar-refractivity contribution in [1.82, 2.24) is 9.55 Å². The minimum Gasteiger partial charge on any atom is -0.465 e. The molecule has 0 saturated heterocycles. The lowest BCUT2D eigenvalue weighted by molar-refractivity contribution is 0.0602. The van der Waals surface area contributed by atoms with Crippen LogP contribution >= 0.6 is 0 Å². The highest BCUT2D eigenvalue weighted by Gasteiger charge is 2.11. The summed E-state index contributed by atoms with van der Waals surface area (Å²) in [5, 5.41) is 0. The van der Waals surface area contributed by atoms with Gasteiger partial charge in [0.25, 0.3) is 0 Å². The van der Waals surface area contributed by atoms with Crippen LogP contribution in [0.3, 0.4) is 0 Å². The molecule has 1 aromatic heterocycles. The van der Waals surface area contributed by atoms with E-state index in [1.165, 1.54) is 7.11 Å². The molecule has 1 aromatic carbocycles. The van der Waals surface area contributed by atoms with Gasteiger partial charge in [-0.3, -0.25) is 0 Å². The lowest BCUT2D eigenvalue weighted by Gasteiger charge is -2.09. The number of carbonyl (C=O) groups excluding carboxylic acids is 1. The van der Waals surface area contributed by atoms with Crippen LogP contribution in [0.2, 0.25) is 0 Å². The Bertz CT molecular complexity index is 561. The summed E-state index contributed by atoms with van der Waals surface area (Å²) in [6.07, 6.45) is 3.52. The quantitative estimate of drug-likeness (QED) is 0.628. The second-order valence-electron chi connectivity index (χ2n) is 3.61. The summed E-state index contributed by atoms with van der Waals surface area (Å²) in [7, 11) is 1.33. The average molecular weight is 231 g/mol. The van der Waals surface area contributed by atoms with Gasteiger partial charge < -0.3 is 15.0 Å². The summed E-state index contributed by atoms with van der Waals surface area (Å²) in [5.41, 5.74) is 7.32. The number of ether oxygens (including phenoxy) is 1. The number of hydrogen-bond donors (Lipinski definition) is 1. The predicted molar refractivity (Wildman–Crippen MR) is 64.1 cm³/mol. The maximum Gasteiger partial charge on any atom is 0.340 e. The van der Waals surface area contributed by atoms with E-state index in [4.69, 9.17) is 5.73 Å². The molecule has 5 nitrogen and oxygen atoms in total. The van der Waals surface area contributed by atoms with Crippen LogP contribution in [0.4, 0.5) is 5.69 Å². The van der Waals surface area contributed by atoms with E-state index in [1.54, 1.807) is 18.3 Å². The van der Waals surface area contributed by atoms with E-state index in [2.05, 4.69) is 9.72 Å². The Morgan fingerprint density at radius 1 is 1.47 bits per heavy atom. The molecule has 0 aliphatic heterocycles. The minimum atomic E-state index is -0.442. The van der Waals surface area contributed by atoms with Crippen molar-refractivity contribution in [3.8, 4) is 5.69 Å². The zero-order valence-electron chi connectivity index (χ0n) is 9.68. The van der Waals surface area contributed by atoms with Crippen molar-refractivity contribution in [2.75, 3.05) is 12.8 Å². The average Bonchev–Trinajstić information content (AvgIpc) is 2.75. The smallest absolute Gasteiger partial charge is 0.340 e. The Hall–Kier alpha value is -2.30. The van der Waals surface area contributed by atoms with E-state index in [-0.39, 0.29) is 0 Å². The Morgan fingerprint density at radius 2 is 2.24 bits per heavy atom. The third-order valence-electron chi connectivity index (χ3n) is 2.55. The SMILES string of the molecule is COC(=O)c1cc(-n2ccnc2C)ccc1N. The molecule has 0 unspecified atom stereocenters. The van der Waals surface area contributed by atoms with Crippen LogP contribution in [0.25, 0.3) is 5.69 Å². The molecule has 0 aliphatic rings. The molecular weight excluding hydrogens is 218 g/mol. The van der Waals surface area contributed by atoms with E-state index in [1.807, 2.05) is 23.8 Å². The first-order chi connectivity index (χ1) is 8.13. The zero-order chi connectivity index (χ0) is 12.4. The fourth-order valence-corrected chi connectivity index (χ4v) is 1.63. The van der Waals surface area contributed by atoms with Crippen LogP contribution in [-0.4, -0.2) is 22.6 Å². The number of rotatable bonds is 2. The first-order valence-corrected chi connectivity index (χ1v) is 5.11. The molecule has 5 heteroatoms. The fraction of sp³-hybridized carbons (Fsp3) is 0.167. The van der Waals surface area contributed by atoms with Gasteiger partial charge in [0.05, 0.1) is 12.7 Å². The van der Waals surface area contributed by atoms with Gasteiger partial charge in [0.2, 0.25) is 0 Å². The monoisotopic (exact) mass is 231 g/mol. The van der Waals surface area contributed by atoms with Crippen molar-refractivity contribution in [3.05, 3.63) is 42.0 Å². The van der Waals surface area contributed by atoms with E-state index >= 15 is 0 Å². The van der Waals surface area contributed by atoms with E-state index in [0.29, 0.717) is 11.3 Å². The second kappa shape index (κ2) is 4.29. The second-order valence-corrected chi connectivity index (χ2v) is 3.61. The highest BCUT2D eigenvalue weighted by Crippen LogP contribution is 2.19. The van der Waals surface area contributed by atoms with Crippen LogP contribution in [0.1, 0.15) is 16.2 Å². The first kappa shape index (κ1) is 11.2. The lowest BCUT2D eigenvalue weighted by Crippen LogP contribution is -2.07. The number of methoxy groups -OCH3 is 1. The standard InChI is InChI=1S/C12H13N3O2/c1-8-14-5-6-15(8)9-3-4-11(13)10(7-9)12(16)17-2/h3-7H,13H2,1-2H3. The molecule has 2 aromatic rings. The number of nitrogens with two attached hydrogens (primary N) is 1. The van der Waals surface area contributed by atoms with E-state index in [9.17, 15) is 4.79 Å². The van der Waals surface area contributed by atoms with Gasteiger partial charge in [0.15, 0.2) is 0 Å². The summed E-state index contributed by atoms with van der Waals surface area (Å²) < 4.78 is 6.54. The molecule has 0 atom stereocenters. The maximum absolute atomic E-state index is 11.5. The van der Waals surface area contributed by atoms with Gasteiger partial charge in [0, 0.05) is 23.8 Å². The number of benzene rings is 1. The van der Waals surface area contributed by atoms with Gasteiger partial charge >= 0.3 is 5.97 Å². The lowest BCUT2D eigenvalue weighted by atomic mass is 10.1. The summed E-state index contributed by atoms with van der Waals surface area (Å²) in [4.78, 5) is 15.6. The van der Waals surface area contributed by atoms with Crippen LogP contribution in [0.5, 0.6) is 0 Å². The Labute approximate surface area is 98.8 Å². The van der Waals surface area contributed by atoms with Crippen LogP contribution in [-0.2, 0) is 4.74 Å². The molecule has 0 bridgehead atoms. The molecule has 0 fully saturated rings. The fourth-order valence-electron chi connectivity index (χ4n) is 1.63. The third kappa shape index (κ3) is 1.99. The summed E-state index contributed by atoms with van der Waals surface area (Å²) in [6.45, 7) is 1.88. The number of aromatic nitrogens is 2. The van der Waals surface area contributed by atoms with Gasteiger partial charge in [-0.15, -0.1) is 0 Å². The molecule has 0 saturated carbocycles. The number of anilines is 1. The molecule has 0 amide bonds. The number of nitrogen functional groups attached to an aromatic ring is 1. The highest BCUT2D eigenvalue weighted by molar-refractivity contribution is 5.95. The summed E-state index contributed by atoms with van der Waals surface area (Å²) >= 11 is 0. The van der Waals surface area contributed by atoms with Crippen LogP contribution in [0.15, 0.2) is 30.6 Å². The van der Waals surface area contributed by atoms with E-state index in [0.717, 1.165) is 11.5 Å². The number of imidazole rings is 1. The highest BCUT2D eigenvalue weighted by atomic mass is 16.5. The normalized spacial score (nSPS) is 10.2. The van der Waals surface area contributed by atoms with Crippen molar-refractivity contribution in [2.45, 2.75) is 6.92 Å². The summed E-state index contributed by atoms with van der Waals surface area (Å²) in [5.74, 6) is 0.396. The van der Waals surface area contributed by atoms with Crippen molar-refractivity contribution >= 4 is 11.7 Å². The topological polar surface area (TPSA) is 70.1 Å². The molecule has 2 N–H and O–H groups in total. The van der Waals surface area contributed by atoms with Gasteiger partial charge in [-0.05, 0) is 25.1 Å². The molecular formula is C12H13N3O2. The van der Waals surface area contributed by atoms with Gasteiger partial charge in [0.1, 0.15) is 5.82 Å². The molecule has 88 valence electrons. The molecule has 0 spiro atoms. The molecule has 2 rings (SSSR count). The number of aryl methyl sites for hydroxylation is 1. The Morgan fingerprint density at radius 3 is 2.82 bits per heavy atom. The number of esters is 1. The van der Waals surface area contributed by atoms with Gasteiger partial charge in [-0.25, -0.2) is 9.78 Å². The predicted octanol–water partition coefficient (Wildman–Crippen LogP) is 1.55. The molecule has 0 aliphatic carbocycles. The number of nitrogens with zero attached hydrogens (tertiary/aromatic N) is 2. The molecule has 0 radical (unpaired) electrons. The maximum atomic E-state index is 11.5. The van der Waals surface area contributed by atoms with Crippen molar-refractivity contribution in [2.24, 2.45) is 0 Å². The van der Waals surface area contributed by atoms with Crippen molar-refractivity contribution < 1.29 is 9.53 Å². The number of hydrogen-bond acceptors (Lipinski definition) is 4. The Kier molecular flexibility index (Phi) is 2.82. The summed E-state index contributed by atoms with van der Waals surface area (Å²) in [6, 6.07) is 5.20.